The van der Waals surface area contributed by atoms with Crippen LogP contribution in [0.15, 0.2) is 17.5 Å². The lowest BCUT2D eigenvalue weighted by Crippen LogP contribution is -2.09. The second-order valence-electron chi connectivity index (χ2n) is 3.77. The lowest BCUT2D eigenvalue weighted by molar-refractivity contribution is -0.385. The Bertz CT molecular complexity index is 585. The molecule has 2 rings (SSSR count). The smallest absolute Gasteiger partial charge is 0.332 e. The van der Waals surface area contributed by atoms with E-state index in [1.807, 2.05) is 17.5 Å². The summed E-state index contributed by atoms with van der Waals surface area (Å²) in [5.74, 6) is 0.590. The molecule has 7 nitrogen and oxygen atoms in total. The van der Waals surface area contributed by atoms with E-state index in [4.69, 9.17) is 0 Å². The predicted octanol–water partition coefficient (Wildman–Crippen LogP) is 2.41. The zero-order valence-corrected chi connectivity index (χ0v) is 11.3. The van der Waals surface area contributed by atoms with Crippen LogP contribution < -0.4 is 10.6 Å². The molecular weight excluding hydrogens is 266 g/mol. The fourth-order valence-electron chi connectivity index (χ4n) is 1.60. The summed E-state index contributed by atoms with van der Waals surface area (Å²) in [4.78, 5) is 19.8. The van der Waals surface area contributed by atoms with E-state index in [1.165, 1.54) is 0 Å². The van der Waals surface area contributed by atoms with Gasteiger partial charge in [-0.2, -0.15) is 4.98 Å². The Morgan fingerprint density at radius 2 is 2.26 bits per heavy atom. The Morgan fingerprint density at radius 3 is 2.84 bits per heavy atom. The van der Waals surface area contributed by atoms with Gasteiger partial charge in [-0.25, -0.2) is 4.98 Å². The van der Waals surface area contributed by atoms with Gasteiger partial charge < -0.3 is 10.6 Å². The molecule has 0 amide bonds. The zero-order valence-electron chi connectivity index (χ0n) is 10.5. The van der Waals surface area contributed by atoms with E-state index >= 15 is 0 Å². The molecule has 0 bridgehead atoms. The first-order chi connectivity index (χ1) is 9.11. The van der Waals surface area contributed by atoms with Crippen molar-refractivity contribution in [3.05, 3.63) is 38.2 Å². The van der Waals surface area contributed by atoms with Gasteiger partial charge in [-0.3, -0.25) is 10.1 Å². The van der Waals surface area contributed by atoms with Crippen molar-refractivity contribution in [2.75, 3.05) is 17.7 Å². The lowest BCUT2D eigenvalue weighted by Gasteiger charge is -2.08. The largest absolute Gasteiger partial charge is 0.359 e. The van der Waals surface area contributed by atoms with Crippen LogP contribution in [0.2, 0.25) is 0 Å². The van der Waals surface area contributed by atoms with E-state index in [-0.39, 0.29) is 11.5 Å². The fourth-order valence-corrected chi connectivity index (χ4v) is 2.25. The van der Waals surface area contributed by atoms with Crippen molar-refractivity contribution >= 4 is 28.8 Å². The molecule has 0 unspecified atom stereocenters. The maximum atomic E-state index is 11.1. The summed E-state index contributed by atoms with van der Waals surface area (Å²) in [6.07, 6.45) is 0. The zero-order chi connectivity index (χ0) is 13.8. The number of anilines is 2. The summed E-state index contributed by atoms with van der Waals surface area (Å²) in [5.41, 5.74) is 0.244. The van der Waals surface area contributed by atoms with Crippen LogP contribution in [0.5, 0.6) is 0 Å². The van der Waals surface area contributed by atoms with Gasteiger partial charge in [0.1, 0.15) is 5.69 Å². The molecule has 0 aromatic carbocycles. The maximum absolute atomic E-state index is 11.1. The van der Waals surface area contributed by atoms with Gasteiger partial charge in [0, 0.05) is 11.9 Å². The van der Waals surface area contributed by atoms with Crippen molar-refractivity contribution in [2.45, 2.75) is 13.5 Å². The Balaban J connectivity index is 2.30. The topological polar surface area (TPSA) is 93.0 Å². The van der Waals surface area contributed by atoms with Crippen LogP contribution in [0.25, 0.3) is 0 Å². The molecule has 0 aliphatic rings. The third-order valence-corrected chi connectivity index (χ3v) is 3.35. The van der Waals surface area contributed by atoms with Gasteiger partial charge in [0.05, 0.1) is 11.5 Å². The highest BCUT2D eigenvalue weighted by molar-refractivity contribution is 7.09. The van der Waals surface area contributed by atoms with Gasteiger partial charge >= 0.3 is 5.69 Å². The number of aromatic nitrogens is 2. The monoisotopic (exact) mass is 279 g/mol. The van der Waals surface area contributed by atoms with Gasteiger partial charge in [0.25, 0.3) is 0 Å². The highest BCUT2D eigenvalue weighted by Crippen LogP contribution is 2.27. The number of nitro groups is 1. The predicted molar refractivity (Wildman–Crippen MR) is 74.6 cm³/mol. The summed E-state index contributed by atoms with van der Waals surface area (Å²) in [6, 6.07) is 3.89. The first-order valence-electron chi connectivity index (χ1n) is 5.59. The van der Waals surface area contributed by atoms with E-state index < -0.39 is 4.92 Å². The number of rotatable bonds is 5. The minimum Gasteiger partial charge on any atom is -0.359 e. The summed E-state index contributed by atoms with van der Waals surface area (Å²) in [7, 11) is 1.67. The second kappa shape index (κ2) is 5.61. The van der Waals surface area contributed by atoms with Crippen LogP contribution in [0, 0.1) is 17.0 Å². The number of nitrogens with zero attached hydrogens (tertiary/aromatic N) is 3. The average Bonchev–Trinajstić information content (AvgIpc) is 2.88. The Hall–Kier alpha value is -2.22. The highest BCUT2D eigenvalue weighted by atomic mass is 32.1. The van der Waals surface area contributed by atoms with Crippen molar-refractivity contribution in [3.63, 3.8) is 0 Å². The standard InChI is InChI=1S/C11H13N5O2S/c1-7-9(16(17)18)10(15-11(12-2)14-7)13-6-8-4-3-5-19-8/h3-5H,6H2,1-2H3,(H2,12,13,14,15). The molecule has 2 heterocycles. The molecule has 2 aromatic heterocycles. The van der Waals surface area contributed by atoms with Gasteiger partial charge in [0.15, 0.2) is 0 Å². The van der Waals surface area contributed by atoms with Crippen molar-refractivity contribution in [2.24, 2.45) is 0 Å². The quantitative estimate of drug-likeness (QED) is 0.645. The van der Waals surface area contributed by atoms with Crippen molar-refractivity contribution in [1.82, 2.24) is 9.97 Å². The molecule has 0 atom stereocenters. The number of hydrogen-bond acceptors (Lipinski definition) is 7. The van der Waals surface area contributed by atoms with Crippen LogP contribution in [-0.4, -0.2) is 21.9 Å². The van der Waals surface area contributed by atoms with E-state index in [0.29, 0.717) is 18.2 Å². The van der Waals surface area contributed by atoms with Gasteiger partial charge in [-0.05, 0) is 18.4 Å². The Kier molecular flexibility index (Phi) is 3.91. The molecule has 2 N–H and O–H groups in total. The lowest BCUT2D eigenvalue weighted by atomic mass is 10.3. The van der Waals surface area contributed by atoms with Crippen LogP contribution in [0.3, 0.4) is 0 Å². The number of hydrogen-bond donors (Lipinski definition) is 2. The summed E-state index contributed by atoms with van der Waals surface area (Å²) in [6.45, 7) is 2.09. The minimum atomic E-state index is -0.467. The molecule has 0 aliphatic carbocycles. The molecule has 100 valence electrons. The Morgan fingerprint density at radius 1 is 1.47 bits per heavy atom. The van der Waals surface area contributed by atoms with Gasteiger partial charge in [-0.1, -0.05) is 6.07 Å². The summed E-state index contributed by atoms with van der Waals surface area (Å²) >= 11 is 1.58. The van der Waals surface area contributed by atoms with Crippen LogP contribution in [0.4, 0.5) is 17.5 Å². The molecular formula is C11H13N5O2S. The first kappa shape index (κ1) is 13.2. The molecule has 0 aliphatic heterocycles. The van der Waals surface area contributed by atoms with Crippen LogP contribution in [-0.2, 0) is 6.54 Å². The number of thiophene rings is 1. The first-order valence-corrected chi connectivity index (χ1v) is 6.47. The molecule has 2 aromatic rings. The normalized spacial score (nSPS) is 10.2. The van der Waals surface area contributed by atoms with Crippen molar-refractivity contribution in [1.29, 1.82) is 0 Å². The molecule has 0 spiro atoms. The van der Waals surface area contributed by atoms with Crippen LogP contribution in [0.1, 0.15) is 10.6 Å². The van der Waals surface area contributed by atoms with E-state index in [1.54, 1.807) is 25.3 Å². The Labute approximate surface area is 113 Å². The van der Waals surface area contributed by atoms with Crippen molar-refractivity contribution < 1.29 is 4.92 Å². The van der Waals surface area contributed by atoms with Gasteiger partial charge in [0.2, 0.25) is 11.8 Å². The number of nitrogens with one attached hydrogen (secondary N) is 2. The molecule has 19 heavy (non-hydrogen) atoms. The summed E-state index contributed by atoms with van der Waals surface area (Å²) in [5, 5.41) is 18.8. The molecule has 8 heteroatoms. The third kappa shape index (κ3) is 2.97. The SMILES string of the molecule is CNc1nc(C)c([N+](=O)[O-])c(NCc2cccs2)n1. The van der Waals surface area contributed by atoms with E-state index in [2.05, 4.69) is 20.6 Å². The van der Waals surface area contributed by atoms with E-state index in [9.17, 15) is 10.1 Å². The van der Waals surface area contributed by atoms with Gasteiger partial charge in [-0.15, -0.1) is 11.3 Å². The fraction of sp³-hybridized carbons (Fsp3) is 0.273. The highest BCUT2D eigenvalue weighted by Gasteiger charge is 2.21. The van der Waals surface area contributed by atoms with Crippen molar-refractivity contribution in [3.8, 4) is 0 Å². The molecule has 0 saturated carbocycles. The molecule has 0 fully saturated rings. The number of aryl methyl sites for hydroxylation is 1. The molecule has 0 radical (unpaired) electrons. The third-order valence-electron chi connectivity index (χ3n) is 2.47. The maximum Gasteiger partial charge on any atom is 0.332 e. The summed E-state index contributed by atoms with van der Waals surface area (Å²) < 4.78 is 0. The minimum absolute atomic E-state index is 0.0874. The molecule has 0 saturated heterocycles. The van der Waals surface area contributed by atoms with E-state index in [0.717, 1.165) is 4.88 Å². The van der Waals surface area contributed by atoms with Crippen LogP contribution >= 0.6 is 11.3 Å². The average molecular weight is 279 g/mol. The second-order valence-corrected chi connectivity index (χ2v) is 4.80.